The van der Waals surface area contributed by atoms with Crippen LogP contribution in [0.1, 0.15) is 36.1 Å². The molecule has 252 valence electrons. The number of fused-ring (bicyclic) bond motifs is 1. The van der Waals surface area contributed by atoms with Crippen molar-refractivity contribution in [3.05, 3.63) is 115 Å². The van der Waals surface area contributed by atoms with Gasteiger partial charge in [-0.05, 0) is 55.3 Å². The van der Waals surface area contributed by atoms with Crippen LogP contribution in [0.2, 0.25) is 20.1 Å². The molecule has 2 N–H and O–H groups in total. The van der Waals surface area contributed by atoms with Gasteiger partial charge in [-0.3, -0.25) is 4.90 Å². The predicted octanol–water partition coefficient (Wildman–Crippen LogP) is 8.30. The monoisotopic (exact) mass is 758 g/mol. The second-order valence-corrected chi connectivity index (χ2v) is 13.8. The SMILES string of the molecule is CN1CC/C=C\COC(=O)C2=CN(CC/C=C\COC(=O)/C(=C/NSO)C1c1ccc(Cl)cc1Cl)SN(C)C2c1ccc(Cl)cc1Cl. The molecule has 15 heteroatoms. The first-order chi connectivity index (χ1) is 22.6. The molecule has 0 radical (unpaired) electrons. The number of carbonyl (C=O) groups is 2. The molecule has 2 aromatic carbocycles. The number of halogens is 4. The van der Waals surface area contributed by atoms with Gasteiger partial charge < -0.3 is 23.1 Å². The molecule has 47 heavy (non-hydrogen) atoms. The van der Waals surface area contributed by atoms with E-state index in [1.165, 1.54) is 18.3 Å². The Labute approximate surface area is 303 Å². The first kappa shape index (κ1) is 37.5. The molecule has 0 amide bonds. The van der Waals surface area contributed by atoms with E-state index in [1.54, 1.807) is 48.7 Å². The van der Waals surface area contributed by atoms with Gasteiger partial charge >= 0.3 is 11.9 Å². The third kappa shape index (κ3) is 10.3. The van der Waals surface area contributed by atoms with Crippen LogP contribution in [0.15, 0.2) is 84.2 Å². The van der Waals surface area contributed by atoms with Gasteiger partial charge in [0, 0.05) is 64.8 Å². The summed E-state index contributed by atoms with van der Waals surface area (Å²) in [5.74, 6) is -1.04. The first-order valence-electron chi connectivity index (χ1n) is 14.5. The molecule has 4 rings (SSSR count). The van der Waals surface area contributed by atoms with Crippen LogP contribution in [0.25, 0.3) is 0 Å². The van der Waals surface area contributed by atoms with Crippen LogP contribution >= 0.6 is 70.8 Å². The molecule has 2 bridgehead atoms. The van der Waals surface area contributed by atoms with Gasteiger partial charge in [-0.1, -0.05) is 82.8 Å². The standard InChI is InChI=1S/C32H34Cl4N4O5S2/c1-38-13-5-3-7-16-45-32(42)26-20-40(47-39(2)30(26)24-12-10-22(34)18-28(24)36)14-6-4-8-15-44-31(41)25(19-37-46-43)29(38)23-11-9-21(33)17-27(23)35/h3-4,7-12,17-20,29-30,37,43H,5-6,13-16H2,1-2H3/b7-3-,8-4-,25-19+. The van der Waals surface area contributed by atoms with E-state index in [-0.39, 0.29) is 18.8 Å². The first-order valence-corrected chi connectivity index (χ1v) is 17.5. The number of likely N-dealkylation sites (N-methyl/N-ethyl adjacent to an activating group) is 2. The fourth-order valence-corrected chi connectivity index (χ4v) is 7.32. The topological polar surface area (TPSA) is 94.6 Å². The molecule has 0 fully saturated rings. The number of hydrogen-bond acceptors (Lipinski definition) is 11. The maximum absolute atomic E-state index is 13.5. The second-order valence-electron chi connectivity index (χ2n) is 10.5. The van der Waals surface area contributed by atoms with Crippen LogP contribution in [0, 0.1) is 0 Å². The number of benzene rings is 2. The van der Waals surface area contributed by atoms with Crippen molar-refractivity contribution >= 4 is 82.7 Å². The van der Waals surface area contributed by atoms with Crippen molar-refractivity contribution < 1.29 is 23.6 Å². The largest absolute Gasteiger partial charge is 0.458 e. The van der Waals surface area contributed by atoms with Crippen LogP contribution in [0.5, 0.6) is 0 Å². The Morgan fingerprint density at radius 2 is 1.43 bits per heavy atom. The lowest BCUT2D eigenvalue weighted by Gasteiger charge is -2.37. The molecular formula is C32H34Cl4N4O5S2. The number of nitrogens with zero attached hydrogens (tertiary/aromatic N) is 3. The van der Waals surface area contributed by atoms with E-state index in [9.17, 15) is 14.1 Å². The number of ether oxygens (including phenoxy) is 2. The van der Waals surface area contributed by atoms with E-state index in [0.29, 0.717) is 69.4 Å². The molecule has 2 unspecified atom stereocenters. The van der Waals surface area contributed by atoms with Crippen molar-refractivity contribution in [2.75, 3.05) is 40.4 Å². The van der Waals surface area contributed by atoms with Crippen molar-refractivity contribution in [2.45, 2.75) is 24.9 Å². The minimum Gasteiger partial charge on any atom is -0.458 e. The van der Waals surface area contributed by atoms with Crippen LogP contribution in [-0.4, -0.2) is 70.4 Å². The molecule has 0 saturated carbocycles. The van der Waals surface area contributed by atoms with Crippen LogP contribution in [-0.2, 0) is 19.1 Å². The molecule has 2 aliphatic heterocycles. The Morgan fingerprint density at radius 1 is 0.851 bits per heavy atom. The molecular weight excluding hydrogens is 726 g/mol. The van der Waals surface area contributed by atoms with Crippen molar-refractivity contribution in [1.82, 2.24) is 18.2 Å². The summed E-state index contributed by atoms with van der Waals surface area (Å²) in [6.45, 7) is 1.13. The van der Waals surface area contributed by atoms with Crippen LogP contribution in [0.3, 0.4) is 0 Å². The average molecular weight is 761 g/mol. The molecule has 0 aromatic heterocycles. The van der Waals surface area contributed by atoms with Gasteiger partial charge in [-0.15, -0.1) is 0 Å². The Morgan fingerprint density at radius 3 is 2.02 bits per heavy atom. The zero-order valence-corrected chi connectivity index (χ0v) is 30.2. The Hall–Kier alpha value is -2.32. The van der Waals surface area contributed by atoms with Gasteiger partial charge in [0.05, 0.1) is 23.2 Å². The summed E-state index contributed by atoms with van der Waals surface area (Å²) in [6, 6.07) is 9.18. The molecule has 9 nitrogen and oxygen atoms in total. The van der Waals surface area contributed by atoms with Gasteiger partial charge in [0.2, 0.25) is 0 Å². The van der Waals surface area contributed by atoms with Crippen molar-refractivity contribution in [3.8, 4) is 0 Å². The van der Waals surface area contributed by atoms with E-state index in [2.05, 4.69) is 4.72 Å². The molecule has 2 heterocycles. The van der Waals surface area contributed by atoms with Crippen molar-refractivity contribution in [1.29, 1.82) is 0 Å². The van der Waals surface area contributed by atoms with E-state index >= 15 is 0 Å². The Bertz CT molecular complexity index is 1560. The summed E-state index contributed by atoms with van der Waals surface area (Å²) in [7, 11) is 3.73. The maximum Gasteiger partial charge on any atom is 0.337 e. The van der Waals surface area contributed by atoms with Gasteiger partial charge in [0.15, 0.2) is 0 Å². The lowest BCUT2D eigenvalue weighted by atomic mass is 9.97. The number of carbonyl (C=O) groups excluding carboxylic acids is 2. The third-order valence-corrected chi connectivity index (χ3v) is 9.60. The average Bonchev–Trinajstić information content (AvgIpc) is 3.02. The van der Waals surface area contributed by atoms with Crippen LogP contribution in [0.4, 0.5) is 0 Å². The molecule has 2 atom stereocenters. The minimum absolute atomic E-state index is 0.0214. The zero-order chi connectivity index (χ0) is 33.9. The lowest BCUT2D eigenvalue weighted by Crippen LogP contribution is -2.34. The van der Waals surface area contributed by atoms with Gasteiger partial charge in [0.1, 0.15) is 25.4 Å². The molecule has 0 spiro atoms. The minimum atomic E-state index is -0.641. The number of nitrogens with one attached hydrogen (secondary N) is 1. The van der Waals surface area contributed by atoms with Crippen LogP contribution < -0.4 is 4.72 Å². The molecule has 0 aliphatic carbocycles. The number of cyclic esters (lactones) is 2. The maximum atomic E-state index is 13.5. The normalized spacial score (nSPS) is 23.4. The molecule has 2 aromatic rings. The second kappa shape index (κ2) is 18.4. The molecule has 2 aliphatic rings. The summed E-state index contributed by atoms with van der Waals surface area (Å²) >= 11 is 27.3. The highest BCUT2D eigenvalue weighted by Gasteiger charge is 2.35. The third-order valence-electron chi connectivity index (χ3n) is 7.28. The quantitative estimate of drug-likeness (QED) is 0.104. The summed E-state index contributed by atoms with van der Waals surface area (Å²) in [5, 5.41) is 1.78. The van der Waals surface area contributed by atoms with E-state index in [0.717, 1.165) is 5.56 Å². The Kier molecular flexibility index (Phi) is 14.7. The predicted molar refractivity (Wildman–Crippen MR) is 192 cm³/mol. The number of rotatable bonds is 4. The number of esters is 2. The Balaban J connectivity index is 1.61. The zero-order valence-electron chi connectivity index (χ0n) is 25.6. The number of hydrogen-bond donors (Lipinski definition) is 2. The fraction of sp³-hybridized carbons (Fsp3) is 0.312. The lowest BCUT2D eigenvalue weighted by molar-refractivity contribution is -0.139. The fourth-order valence-electron chi connectivity index (χ4n) is 5.11. The van der Waals surface area contributed by atoms with E-state index < -0.39 is 24.0 Å². The molecule has 0 saturated heterocycles. The summed E-state index contributed by atoms with van der Waals surface area (Å²) in [5.41, 5.74) is 2.04. The summed E-state index contributed by atoms with van der Waals surface area (Å²) in [4.78, 5) is 28.9. The van der Waals surface area contributed by atoms with E-state index in [4.69, 9.17) is 55.9 Å². The highest BCUT2D eigenvalue weighted by molar-refractivity contribution is 7.94. The van der Waals surface area contributed by atoms with Crippen molar-refractivity contribution in [2.24, 2.45) is 0 Å². The highest BCUT2D eigenvalue weighted by Crippen LogP contribution is 2.42. The van der Waals surface area contributed by atoms with E-state index in [1.807, 2.05) is 45.8 Å². The van der Waals surface area contributed by atoms with Crippen molar-refractivity contribution in [3.63, 3.8) is 0 Å². The van der Waals surface area contributed by atoms with Gasteiger partial charge in [-0.25, -0.2) is 13.9 Å². The highest BCUT2D eigenvalue weighted by atomic mass is 35.5. The summed E-state index contributed by atoms with van der Waals surface area (Å²) in [6.07, 6.45) is 11.7. The van der Waals surface area contributed by atoms with Gasteiger partial charge in [0.25, 0.3) is 0 Å². The smallest absolute Gasteiger partial charge is 0.337 e. The summed E-state index contributed by atoms with van der Waals surface area (Å²) < 4.78 is 27.2. The van der Waals surface area contributed by atoms with Gasteiger partial charge in [-0.2, -0.15) is 0 Å².